The molecule has 2 N–H and O–H groups in total. The molecule has 0 aliphatic carbocycles. The molecule has 6 nitrogen and oxygen atoms in total. The average Bonchev–Trinajstić information content (AvgIpc) is 2.82. The number of hydrogen-bond acceptors (Lipinski definition) is 4. The number of carbonyl (C=O) groups excluding carboxylic acids is 1. The molecule has 1 fully saturated rings. The highest BCUT2D eigenvalue weighted by atomic mass is 16.3. The molecule has 1 saturated heterocycles. The molecule has 1 amide bonds. The zero-order valence-corrected chi connectivity index (χ0v) is 11.8. The number of rotatable bonds is 3. The summed E-state index contributed by atoms with van der Waals surface area (Å²) in [6.07, 6.45) is 1.58. The zero-order chi connectivity index (χ0) is 14.0. The largest absolute Gasteiger partial charge is 0.389 e. The number of amides is 1. The molecule has 1 aromatic rings. The smallest absolute Gasteiger partial charge is 0.271 e. The third-order valence-corrected chi connectivity index (χ3v) is 3.37. The number of aromatic amines is 1. The summed E-state index contributed by atoms with van der Waals surface area (Å²) in [5.74, 6) is -0.00717. The van der Waals surface area contributed by atoms with Gasteiger partial charge in [0.2, 0.25) is 0 Å². The Kier molecular flexibility index (Phi) is 3.91. The topological polar surface area (TPSA) is 72.5 Å². The fourth-order valence-corrected chi connectivity index (χ4v) is 2.46. The molecule has 0 aromatic carbocycles. The van der Waals surface area contributed by atoms with Gasteiger partial charge in [-0.05, 0) is 26.8 Å². The SMILES string of the molecule is CC1CN(C(=O)c2ccn[nH]2)CCN1CC(C)(C)O. The Morgan fingerprint density at radius 3 is 2.84 bits per heavy atom. The highest BCUT2D eigenvalue weighted by Gasteiger charge is 2.30. The maximum absolute atomic E-state index is 12.2. The Morgan fingerprint density at radius 1 is 1.58 bits per heavy atom. The number of H-pyrrole nitrogens is 1. The molecule has 1 aliphatic heterocycles. The van der Waals surface area contributed by atoms with Crippen LogP contribution in [0.2, 0.25) is 0 Å². The number of β-amino-alcohol motifs (C(OH)–C–C–N with tert-alkyl or cyclic N) is 1. The Hall–Kier alpha value is -1.40. The minimum Gasteiger partial charge on any atom is -0.389 e. The normalized spacial score (nSPS) is 21.7. The van der Waals surface area contributed by atoms with Gasteiger partial charge in [0.05, 0.1) is 5.60 Å². The summed E-state index contributed by atoms with van der Waals surface area (Å²) in [6.45, 7) is 8.46. The van der Waals surface area contributed by atoms with Gasteiger partial charge in [-0.25, -0.2) is 0 Å². The molecular formula is C13H22N4O2. The van der Waals surface area contributed by atoms with Gasteiger partial charge in [-0.15, -0.1) is 0 Å². The number of carbonyl (C=O) groups is 1. The highest BCUT2D eigenvalue weighted by Crippen LogP contribution is 2.15. The van der Waals surface area contributed by atoms with Gasteiger partial charge in [-0.1, -0.05) is 0 Å². The van der Waals surface area contributed by atoms with Gasteiger partial charge in [0.25, 0.3) is 5.91 Å². The predicted molar refractivity (Wildman–Crippen MR) is 71.8 cm³/mol. The van der Waals surface area contributed by atoms with Crippen molar-refractivity contribution < 1.29 is 9.90 Å². The van der Waals surface area contributed by atoms with Crippen LogP contribution in [0, 0.1) is 0 Å². The molecule has 1 aromatic heterocycles. The summed E-state index contributed by atoms with van der Waals surface area (Å²) in [4.78, 5) is 16.2. The second-order valence-electron chi connectivity index (χ2n) is 5.85. The Balaban J connectivity index is 1.95. The Morgan fingerprint density at radius 2 is 2.32 bits per heavy atom. The average molecular weight is 266 g/mol. The Bertz CT molecular complexity index is 424. The Labute approximate surface area is 113 Å². The number of nitrogens with one attached hydrogen (secondary N) is 1. The quantitative estimate of drug-likeness (QED) is 0.827. The lowest BCUT2D eigenvalue weighted by Crippen LogP contribution is -2.56. The maximum atomic E-state index is 12.2. The first kappa shape index (κ1) is 14.0. The number of piperazine rings is 1. The lowest BCUT2D eigenvalue weighted by molar-refractivity contribution is -0.00155. The van der Waals surface area contributed by atoms with E-state index in [9.17, 15) is 9.90 Å². The highest BCUT2D eigenvalue weighted by molar-refractivity contribution is 5.92. The van der Waals surface area contributed by atoms with Gasteiger partial charge in [-0.2, -0.15) is 5.10 Å². The molecule has 0 saturated carbocycles. The van der Waals surface area contributed by atoms with Crippen molar-refractivity contribution in [2.24, 2.45) is 0 Å². The third-order valence-electron chi connectivity index (χ3n) is 3.37. The number of aromatic nitrogens is 2. The van der Waals surface area contributed by atoms with Gasteiger partial charge in [0.1, 0.15) is 5.69 Å². The maximum Gasteiger partial charge on any atom is 0.271 e. The van der Waals surface area contributed by atoms with E-state index in [-0.39, 0.29) is 11.9 Å². The third kappa shape index (κ3) is 3.54. The lowest BCUT2D eigenvalue weighted by atomic mass is 10.1. The van der Waals surface area contributed by atoms with Crippen LogP contribution in [-0.2, 0) is 0 Å². The van der Waals surface area contributed by atoms with Crippen LogP contribution in [0.15, 0.2) is 12.3 Å². The molecule has 1 atom stereocenters. The van der Waals surface area contributed by atoms with Crippen LogP contribution in [-0.4, -0.2) is 68.8 Å². The molecule has 106 valence electrons. The summed E-state index contributed by atoms with van der Waals surface area (Å²) >= 11 is 0. The fourth-order valence-electron chi connectivity index (χ4n) is 2.46. The minimum atomic E-state index is -0.705. The van der Waals surface area contributed by atoms with Crippen LogP contribution < -0.4 is 0 Å². The lowest BCUT2D eigenvalue weighted by Gasteiger charge is -2.41. The molecule has 0 radical (unpaired) electrons. The molecular weight excluding hydrogens is 244 g/mol. The van der Waals surface area contributed by atoms with Gasteiger partial charge < -0.3 is 10.0 Å². The van der Waals surface area contributed by atoms with Crippen molar-refractivity contribution in [3.8, 4) is 0 Å². The van der Waals surface area contributed by atoms with E-state index in [4.69, 9.17) is 0 Å². The van der Waals surface area contributed by atoms with E-state index in [1.807, 2.05) is 18.7 Å². The molecule has 1 unspecified atom stereocenters. The molecule has 0 bridgehead atoms. The summed E-state index contributed by atoms with van der Waals surface area (Å²) < 4.78 is 0. The van der Waals surface area contributed by atoms with Crippen molar-refractivity contribution in [2.45, 2.75) is 32.4 Å². The predicted octanol–water partition coefficient (Wildman–Crippen LogP) is 0.327. The molecule has 2 heterocycles. The van der Waals surface area contributed by atoms with E-state index in [1.54, 1.807) is 12.3 Å². The summed E-state index contributed by atoms with van der Waals surface area (Å²) in [5.41, 5.74) is -0.174. The number of nitrogens with zero attached hydrogens (tertiary/aromatic N) is 3. The summed E-state index contributed by atoms with van der Waals surface area (Å²) in [6, 6.07) is 1.93. The summed E-state index contributed by atoms with van der Waals surface area (Å²) in [5, 5.41) is 16.4. The first-order chi connectivity index (χ1) is 8.87. The van der Waals surface area contributed by atoms with Crippen LogP contribution in [0.5, 0.6) is 0 Å². The van der Waals surface area contributed by atoms with Crippen LogP contribution in [0.25, 0.3) is 0 Å². The van der Waals surface area contributed by atoms with Gasteiger partial charge in [0.15, 0.2) is 0 Å². The van der Waals surface area contributed by atoms with Gasteiger partial charge >= 0.3 is 0 Å². The second kappa shape index (κ2) is 5.30. The van der Waals surface area contributed by atoms with Crippen LogP contribution >= 0.6 is 0 Å². The van der Waals surface area contributed by atoms with E-state index in [0.717, 1.165) is 6.54 Å². The van der Waals surface area contributed by atoms with Gasteiger partial charge in [0, 0.05) is 38.4 Å². The summed E-state index contributed by atoms with van der Waals surface area (Å²) in [7, 11) is 0. The van der Waals surface area contributed by atoms with E-state index in [1.165, 1.54) is 0 Å². The number of aliphatic hydroxyl groups is 1. The number of hydrogen-bond donors (Lipinski definition) is 2. The van der Waals surface area contributed by atoms with Crippen molar-refractivity contribution in [3.63, 3.8) is 0 Å². The molecule has 19 heavy (non-hydrogen) atoms. The van der Waals surface area contributed by atoms with E-state index < -0.39 is 5.60 Å². The fraction of sp³-hybridized carbons (Fsp3) is 0.692. The zero-order valence-electron chi connectivity index (χ0n) is 11.8. The van der Waals surface area contributed by atoms with Crippen LogP contribution in [0.4, 0.5) is 0 Å². The first-order valence-corrected chi connectivity index (χ1v) is 6.62. The van der Waals surface area contributed by atoms with E-state index >= 15 is 0 Å². The minimum absolute atomic E-state index is 0.00717. The monoisotopic (exact) mass is 266 g/mol. The van der Waals surface area contributed by atoms with Crippen molar-refractivity contribution in [1.29, 1.82) is 0 Å². The molecule has 0 spiro atoms. The van der Waals surface area contributed by atoms with Crippen molar-refractivity contribution in [3.05, 3.63) is 18.0 Å². The van der Waals surface area contributed by atoms with Crippen LogP contribution in [0.3, 0.4) is 0 Å². The molecule has 1 aliphatic rings. The molecule has 2 rings (SSSR count). The second-order valence-corrected chi connectivity index (χ2v) is 5.85. The first-order valence-electron chi connectivity index (χ1n) is 6.62. The van der Waals surface area contributed by atoms with Crippen LogP contribution in [0.1, 0.15) is 31.3 Å². The van der Waals surface area contributed by atoms with Crippen molar-refractivity contribution >= 4 is 5.91 Å². The van der Waals surface area contributed by atoms with Crippen molar-refractivity contribution in [1.82, 2.24) is 20.0 Å². The molecule has 6 heteroatoms. The van der Waals surface area contributed by atoms with E-state index in [2.05, 4.69) is 22.0 Å². The van der Waals surface area contributed by atoms with Gasteiger partial charge in [-0.3, -0.25) is 14.8 Å². The van der Waals surface area contributed by atoms with E-state index in [0.29, 0.717) is 25.3 Å². The van der Waals surface area contributed by atoms with Crippen molar-refractivity contribution in [2.75, 3.05) is 26.2 Å². The standard InChI is InChI=1S/C13H22N4O2/c1-10-8-16(12(18)11-4-5-14-15-11)6-7-17(10)9-13(2,3)19/h4-5,10,19H,6-9H2,1-3H3,(H,14,15).